The van der Waals surface area contributed by atoms with Crippen molar-refractivity contribution in [1.29, 1.82) is 0 Å². The van der Waals surface area contributed by atoms with Crippen molar-refractivity contribution < 1.29 is 22.8 Å². The SMILES string of the molecule is CCOCc1ccc(CNC(=O)c2ccc(S(=O)(=O)NOC)cc2)cc1. The van der Waals surface area contributed by atoms with Crippen LogP contribution in [0, 0.1) is 0 Å². The second-order valence-corrected chi connectivity index (χ2v) is 7.10. The third kappa shape index (κ3) is 5.63. The van der Waals surface area contributed by atoms with Crippen LogP contribution in [0.15, 0.2) is 53.4 Å². The van der Waals surface area contributed by atoms with Crippen molar-refractivity contribution in [3.63, 3.8) is 0 Å². The Labute approximate surface area is 153 Å². The standard InChI is InChI=1S/C18H22N2O5S/c1-3-25-13-15-6-4-14(5-7-15)12-19-18(21)16-8-10-17(11-9-16)26(22,23)20-24-2/h4-11,20H,3,12-13H2,1-2H3,(H,19,21). The first kappa shape index (κ1) is 20.1. The van der Waals surface area contributed by atoms with Crippen LogP contribution in [-0.2, 0) is 32.7 Å². The lowest BCUT2D eigenvalue weighted by molar-refractivity contribution is 0.0950. The van der Waals surface area contributed by atoms with Gasteiger partial charge in [-0.3, -0.25) is 9.63 Å². The van der Waals surface area contributed by atoms with Gasteiger partial charge in [-0.1, -0.05) is 29.2 Å². The lowest BCUT2D eigenvalue weighted by Crippen LogP contribution is -2.24. The molecule has 2 N–H and O–H groups in total. The maximum atomic E-state index is 12.2. The van der Waals surface area contributed by atoms with E-state index in [0.29, 0.717) is 25.3 Å². The van der Waals surface area contributed by atoms with E-state index < -0.39 is 10.0 Å². The van der Waals surface area contributed by atoms with Crippen molar-refractivity contribution in [3.8, 4) is 0 Å². The van der Waals surface area contributed by atoms with Crippen LogP contribution < -0.4 is 10.2 Å². The molecular formula is C18H22N2O5S. The molecule has 0 aliphatic rings. The normalized spacial score (nSPS) is 11.3. The van der Waals surface area contributed by atoms with E-state index in [1.165, 1.54) is 31.4 Å². The monoisotopic (exact) mass is 378 g/mol. The summed E-state index contributed by atoms with van der Waals surface area (Å²) in [5.74, 6) is -0.285. The Morgan fingerprint density at radius 3 is 2.19 bits per heavy atom. The molecule has 0 unspecified atom stereocenters. The number of carbonyl (C=O) groups excluding carboxylic acids is 1. The third-order valence-corrected chi connectivity index (χ3v) is 4.85. The molecule has 0 radical (unpaired) electrons. The van der Waals surface area contributed by atoms with Gasteiger partial charge in [0, 0.05) is 18.7 Å². The van der Waals surface area contributed by atoms with Gasteiger partial charge in [0.25, 0.3) is 15.9 Å². The first-order valence-corrected chi connectivity index (χ1v) is 9.53. The summed E-state index contributed by atoms with van der Waals surface area (Å²) >= 11 is 0. The predicted molar refractivity (Wildman–Crippen MR) is 96.7 cm³/mol. The third-order valence-electron chi connectivity index (χ3n) is 3.57. The fourth-order valence-electron chi connectivity index (χ4n) is 2.20. The van der Waals surface area contributed by atoms with Gasteiger partial charge in [0.15, 0.2) is 0 Å². The van der Waals surface area contributed by atoms with E-state index in [1.54, 1.807) is 0 Å². The summed E-state index contributed by atoms with van der Waals surface area (Å²) in [6.07, 6.45) is 0. The van der Waals surface area contributed by atoms with Gasteiger partial charge < -0.3 is 10.1 Å². The molecule has 2 aromatic carbocycles. The molecule has 0 aliphatic carbocycles. The van der Waals surface area contributed by atoms with Crippen molar-refractivity contribution in [2.75, 3.05) is 13.7 Å². The Hall–Kier alpha value is -2.26. The van der Waals surface area contributed by atoms with Crippen LogP contribution in [0.5, 0.6) is 0 Å². The van der Waals surface area contributed by atoms with E-state index in [0.717, 1.165) is 11.1 Å². The summed E-state index contributed by atoms with van der Waals surface area (Å²) in [4.78, 5) is 18.6. The number of amides is 1. The van der Waals surface area contributed by atoms with Gasteiger partial charge in [0.2, 0.25) is 0 Å². The minimum atomic E-state index is -3.73. The largest absolute Gasteiger partial charge is 0.377 e. The quantitative estimate of drug-likeness (QED) is 0.651. The molecule has 140 valence electrons. The molecule has 1 amide bonds. The Morgan fingerprint density at radius 1 is 1.00 bits per heavy atom. The van der Waals surface area contributed by atoms with Gasteiger partial charge in [-0.25, -0.2) is 8.42 Å². The Bertz CT molecular complexity index is 818. The molecule has 0 aromatic heterocycles. The zero-order valence-electron chi connectivity index (χ0n) is 14.7. The lowest BCUT2D eigenvalue weighted by Gasteiger charge is -2.08. The molecule has 0 aliphatic heterocycles. The first-order chi connectivity index (χ1) is 12.5. The molecule has 0 saturated carbocycles. The minimum Gasteiger partial charge on any atom is -0.377 e. The first-order valence-electron chi connectivity index (χ1n) is 8.05. The van der Waals surface area contributed by atoms with Gasteiger partial charge >= 0.3 is 0 Å². The van der Waals surface area contributed by atoms with Crippen LogP contribution in [0.25, 0.3) is 0 Å². The van der Waals surface area contributed by atoms with E-state index >= 15 is 0 Å². The Kier molecular flexibility index (Phi) is 7.28. The summed E-state index contributed by atoms with van der Waals surface area (Å²) in [6.45, 7) is 3.55. The van der Waals surface area contributed by atoms with Crippen LogP contribution in [-0.4, -0.2) is 28.0 Å². The summed E-state index contributed by atoms with van der Waals surface area (Å²) in [5.41, 5.74) is 2.40. The number of ether oxygens (including phenoxy) is 1. The maximum Gasteiger partial charge on any atom is 0.262 e. The van der Waals surface area contributed by atoms with Gasteiger partial charge in [0.05, 0.1) is 18.6 Å². The van der Waals surface area contributed by atoms with Crippen molar-refractivity contribution in [1.82, 2.24) is 10.2 Å². The highest BCUT2D eigenvalue weighted by atomic mass is 32.2. The zero-order valence-corrected chi connectivity index (χ0v) is 15.5. The summed E-state index contributed by atoms with van der Waals surface area (Å²) in [5, 5.41) is 2.80. The van der Waals surface area contributed by atoms with Gasteiger partial charge in [-0.2, -0.15) is 0 Å². The molecular weight excluding hydrogens is 356 g/mol. The van der Waals surface area contributed by atoms with E-state index in [2.05, 4.69) is 10.2 Å². The van der Waals surface area contributed by atoms with E-state index in [9.17, 15) is 13.2 Å². The predicted octanol–water partition coefficient (Wildman–Crippen LogP) is 1.99. The van der Waals surface area contributed by atoms with E-state index in [1.807, 2.05) is 36.1 Å². The number of hydrogen-bond donors (Lipinski definition) is 2. The molecule has 8 heteroatoms. The fraction of sp³-hybridized carbons (Fsp3) is 0.278. The topological polar surface area (TPSA) is 93.7 Å². The van der Waals surface area contributed by atoms with Crippen molar-refractivity contribution in [3.05, 3.63) is 65.2 Å². The number of rotatable bonds is 9. The van der Waals surface area contributed by atoms with Crippen LogP contribution in [0.1, 0.15) is 28.4 Å². The van der Waals surface area contributed by atoms with Crippen LogP contribution in [0.3, 0.4) is 0 Å². The number of carbonyl (C=O) groups is 1. The Balaban J connectivity index is 1.93. The number of nitrogens with one attached hydrogen (secondary N) is 2. The summed E-state index contributed by atoms with van der Waals surface area (Å²) in [6, 6.07) is 13.4. The second-order valence-electron chi connectivity index (χ2n) is 5.45. The number of sulfonamides is 1. The van der Waals surface area contributed by atoms with Gasteiger partial charge in [-0.15, -0.1) is 0 Å². The summed E-state index contributed by atoms with van der Waals surface area (Å²) < 4.78 is 28.9. The molecule has 2 aromatic rings. The van der Waals surface area contributed by atoms with Gasteiger partial charge in [0.1, 0.15) is 0 Å². The van der Waals surface area contributed by atoms with Crippen LogP contribution in [0.4, 0.5) is 0 Å². The molecule has 7 nitrogen and oxygen atoms in total. The van der Waals surface area contributed by atoms with E-state index in [-0.39, 0.29) is 10.8 Å². The van der Waals surface area contributed by atoms with Crippen LogP contribution in [0.2, 0.25) is 0 Å². The molecule has 26 heavy (non-hydrogen) atoms. The van der Waals surface area contributed by atoms with Gasteiger partial charge in [-0.05, 0) is 42.3 Å². The maximum absolute atomic E-state index is 12.2. The molecule has 0 bridgehead atoms. The van der Waals surface area contributed by atoms with Crippen molar-refractivity contribution >= 4 is 15.9 Å². The second kappa shape index (κ2) is 9.44. The average Bonchev–Trinajstić information content (AvgIpc) is 2.65. The lowest BCUT2D eigenvalue weighted by atomic mass is 10.1. The molecule has 2 rings (SSSR count). The molecule has 0 heterocycles. The van der Waals surface area contributed by atoms with E-state index in [4.69, 9.17) is 4.74 Å². The van der Waals surface area contributed by atoms with Crippen molar-refractivity contribution in [2.24, 2.45) is 0 Å². The minimum absolute atomic E-state index is 0.0146. The zero-order chi connectivity index (χ0) is 19.0. The highest BCUT2D eigenvalue weighted by molar-refractivity contribution is 7.89. The summed E-state index contributed by atoms with van der Waals surface area (Å²) in [7, 11) is -2.52. The Morgan fingerprint density at radius 2 is 1.62 bits per heavy atom. The molecule has 0 fully saturated rings. The molecule has 0 saturated heterocycles. The number of hydrogen-bond acceptors (Lipinski definition) is 5. The molecule has 0 spiro atoms. The number of benzene rings is 2. The molecule has 0 atom stereocenters. The smallest absolute Gasteiger partial charge is 0.262 e. The average molecular weight is 378 g/mol. The fourth-order valence-corrected chi connectivity index (χ4v) is 3.01. The highest BCUT2D eigenvalue weighted by Crippen LogP contribution is 2.11. The highest BCUT2D eigenvalue weighted by Gasteiger charge is 2.14. The van der Waals surface area contributed by atoms with Crippen molar-refractivity contribution in [2.45, 2.75) is 25.0 Å². The van der Waals surface area contributed by atoms with Crippen LogP contribution >= 0.6 is 0 Å².